The van der Waals surface area contributed by atoms with Gasteiger partial charge in [-0.1, -0.05) is 30.3 Å². The van der Waals surface area contributed by atoms with Crippen molar-refractivity contribution in [2.75, 3.05) is 0 Å². The predicted molar refractivity (Wildman–Crippen MR) is 91.8 cm³/mol. The Bertz CT molecular complexity index is 980. The van der Waals surface area contributed by atoms with E-state index in [9.17, 15) is 20.2 Å². The summed E-state index contributed by atoms with van der Waals surface area (Å²) in [6.07, 6.45) is 0. The number of hydrogen-bond acceptors (Lipinski definition) is 5. The normalized spacial score (nSPS) is 10.6. The summed E-state index contributed by atoms with van der Waals surface area (Å²) in [5.41, 5.74) is 2.67. The van der Waals surface area contributed by atoms with Gasteiger partial charge >= 0.3 is 5.69 Å². The van der Waals surface area contributed by atoms with Gasteiger partial charge in [0.25, 0.3) is 5.69 Å². The van der Waals surface area contributed by atoms with Crippen LogP contribution in [0.1, 0.15) is 11.3 Å². The van der Waals surface area contributed by atoms with Crippen molar-refractivity contribution in [2.45, 2.75) is 13.8 Å². The Morgan fingerprint density at radius 3 is 2.24 bits per heavy atom. The summed E-state index contributed by atoms with van der Waals surface area (Å²) in [5, 5.41) is 26.8. The number of nitro benzene ring substituents is 2. The maximum absolute atomic E-state index is 11.5. The first-order valence-electron chi connectivity index (χ1n) is 7.45. The second-order valence-corrected chi connectivity index (χ2v) is 5.52. The largest absolute Gasteiger partial charge is 0.301 e. The fourth-order valence-corrected chi connectivity index (χ4v) is 2.67. The van der Waals surface area contributed by atoms with Crippen molar-refractivity contribution in [3.63, 3.8) is 0 Å². The molecule has 0 unspecified atom stereocenters. The molecular weight excluding hydrogens is 324 g/mol. The van der Waals surface area contributed by atoms with E-state index < -0.39 is 9.85 Å². The van der Waals surface area contributed by atoms with Crippen LogP contribution in [0.5, 0.6) is 0 Å². The molecule has 0 fully saturated rings. The Morgan fingerprint density at radius 1 is 0.960 bits per heavy atom. The Balaban J connectivity index is 2.30. The van der Waals surface area contributed by atoms with Crippen LogP contribution in [0.25, 0.3) is 16.9 Å². The molecule has 8 nitrogen and oxygen atoms in total. The van der Waals surface area contributed by atoms with Crippen LogP contribution in [0, 0.1) is 34.1 Å². The van der Waals surface area contributed by atoms with E-state index in [-0.39, 0.29) is 17.1 Å². The van der Waals surface area contributed by atoms with Gasteiger partial charge in [-0.15, -0.1) is 0 Å². The molecule has 0 radical (unpaired) electrons. The smallest absolute Gasteiger partial charge is 0.258 e. The standard InChI is InChI=1S/C17H14N4O4/c1-11-12(2)18-19(17(11)13-6-4-3-5-7-13)15-9-8-14(20(22)23)10-16(15)21(24)25/h3-10H,1-2H3. The summed E-state index contributed by atoms with van der Waals surface area (Å²) >= 11 is 0. The van der Waals surface area contributed by atoms with Gasteiger partial charge in [0.1, 0.15) is 5.69 Å². The second-order valence-electron chi connectivity index (χ2n) is 5.52. The minimum absolute atomic E-state index is 0.186. The Morgan fingerprint density at radius 2 is 1.64 bits per heavy atom. The number of nitrogens with zero attached hydrogens (tertiary/aromatic N) is 4. The summed E-state index contributed by atoms with van der Waals surface area (Å²) < 4.78 is 1.47. The number of aryl methyl sites for hydroxylation is 1. The zero-order valence-corrected chi connectivity index (χ0v) is 13.5. The molecule has 126 valence electrons. The van der Waals surface area contributed by atoms with Crippen molar-refractivity contribution in [3.8, 4) is 16.9 Å². The quantitative estimate of drug-likeness (QED) is 0.529. The van der Waals surface area contributed by atoms with Gasteiger partial charge in [-0.05, 0) is 25.5 Å². The average Bonchev–Trinajstić information content (AvgIpc) is 2.90. The summed E-state index contributed by atoms with van der Waals surface area (Å²) in [4.78, 5) is 21.1. The SMILES string of the molecule is Cc1nn(-c2ccc([N+](=O)[O-])cc2[N+](=O)[O-])c(-c2ccccc2)c1C. The van der Waals surface area contributed by atoms with Gasteiger partial charge in [-0.25, -0.2) is 4.68 Å². The maximum Gasteiger partial charge on any atom is 0.301 e. The third-order valence-electron chi connectivity index (χ3n) is 4.00. The molecular formula is C17H14N4O4. The molecule has 0 aliphatic rings. The van der Waals surface area contributed by atoms with E-state index in [4.69, 9.17) is 0 Å². The zero-order valence-electron chi connectivity index (χ0n) is 13.5. The fourth-order valence-electron chi connectivity index (χ4n) is 2.67. The van der Waals surface area contributed by atoms with E-state index in [1.165, 1.54) is 16.8 Å². The molecule has 25 heavy (non-hydrogen) atoms. The van der Waals surface area contributed by atoms with E-state index in [0.29, 0.717) is 0 Å². The molecule has 0 amide bonds. The van der Waals surface area contributed by atoms with Gasteiger partial charge in [-0.3, -0.25) is 20.2 Å². The molecule has 3 aromatic rings. The van der Waals surface area contributed by atoms with Crippen LogP contribution in [-0.2, 0) is 0 Å². The summed E-state index contributed by atoms with van der Waals surface area (Å²) in [6, 6.07) is 12.9. The number of rotatable bonds is 4. The van der Waals surface area contributed by atoms with Crippen molar-refractivity contribution in [2.24, 2.45) is 0 Å². The van der Waals surface area contributed by atoms with Crippen molar-refractivity contribution in [1.82, 2.24) is 9.78 Å². The Labute approximate surface area is 142 Å². The van der Waals surface area contributed by atoms with Crippen LogP contribution < -0.4 is 0 Å². The van der Waals surface area contributed by atoms with Crippen molar-refractivity contribution in [1.29, 1.82) is 0 Å². The average molecular weight is 338 g/mol. The highest BCUT2D eigenvalue weighted by Crippen LogP contribution is 2.33. The topological polar surface area (TPSA) is 104 Å². The molecule has 0 saturated carbocycles. The van der Waals surface area contributed by atoms with Crippen molar-refractivity contribution >= 4 is 11.4 Å². The molecule has 0 aliphatic heterocycles. The van der Waals surface area contributed by atoms with Crippen LogP contribution >= 0.6 is 0 Å². The minimum atomic E-state index is -0.658. The molecule has 1 aromatic heterocycles. The Kier molecular flexibility index (Phi) is 4.02. The third kappa shape index (κ3) is 2.85. The molecule has 8 heteroatoms. The number of nitro groups is 2. The van der Waals surface area contributed by atoms with Gasteiger partial charge in [0.2, 0.25) is 0 Å². The maximum atomic E-state index is 11.5. The van der Waals surface area contributed by atoms with Gasteiger partial charge in [0.05, 0.1) is 27.3 Å². The van der Waals surface area contributed by atoms with Crippen LogP contribution in [0.2, 0.25) is 0 Å². The fraction of sp³-hybridized carbons (Fsp3) is 0.118. The van der Waals surface area contributed by atoms with Gasteiger partial charge in [0.15, 0.2) is 0 Å². The number of aromatic nitrogens is 2. The lowest BCUT2D eigenvalue weighted by Crippen LogP contribution is -2.04. The lowest BCUT2D eigenvalue weighted by atomic mass is 10.1. The van der Waals surface area contributed by atoms with Gasteiger partial charge in [-0.2, -0.15) is 5.10 Å². The molecule has 0 N–H and O–H groups in total. The molecule has 0 atom stereocenters. The van der Waals surface area contributed by atoms with Crippen LogP contribution in [0.15, 0.2) is 48.5 Å². The first-order valence-corrected chi connectivity index (χ1v) is 7.45. The summed E-state index contributed by atoms with van der Waals surface area (Å²) in [6.45, 7) is 3.70. The lowest BCUT2D eigenvalue weighted by Gasteiger charge is -2.09. The number of benzene rings is 2. The molecule has 0 bridgehead atoms. The molecule has 2 aromatic carbocycles. The highest BCUT2D eigenvalue weighted by atomic mass is 16.6. The van der Waals surface area contributed by atoms with Crippen LogP contribution in [0.4, 0.5) is 11.4 Å². The first kappa shape index (κ1) is 16.3. The van der Waals surface area contributed by atoms with Crippen LogP contribution in [-0.4, -0.2) is 19.6 Å². The monoisotopic (exact) mass is 338 g/mol. The predicted octanol–water partition coefficient (Wildman–Crippen LogP) is 3.97. The molecule has 1 heterocycles. The molecule has 0 aliphatic carbocycles. The van der Waals surface area contributed by atoms with E-state index >= 15 is 0 Å². The van der Waals surface area contributed by atoms with Gasteiger partial charge < -0.3 is 0 Å². The highest BCUT2D eigenvalue weighted by molar-refractivity contribution is 5.69. The van der Waals surface area contributed by atoms with Crippen molar-refractivity contribution < 1.29 is 9.85 Å². The summed E-state index contributed by atoms with van der Waals surface area (Å²) in [5.74, 6) is 0. The van der Waals surface area contributed by atoms with E-state index in [2.05, 4.69) is 5.10 Å². The molecule has 3 rings (SSSR count). The lowest BCUT2D eigenvalue weighted by molar-refractivity contribution is -0.394. The number of hydrogen-bond donors (Lipinski definition) is 0. The Hall–Kier alpha value is -3.55. The molecule has 0 spiro atoms. The second kappa shape index (κ2) is 6.16. The zero-order chi connectivity index (χ0) is 18.1. The van der Waals surface area contributed by atoms with E-state index in [1.807, 2.05) is 44.2 Å². The number of non-ortho nitro benzene ring substituents is 1. The van der Waals surface area contributed by atoms with E-state index in [0.717, 1.165) is 28.6 Å². The van der Waals surface area contributed by atoms with E-state index in [1.54, 1.807) is 0 Å². The summed E-state index contributed by atoms with van der Waals surface area (Å²) in [7, 11) is 0. The first-order chi connectivity index (χ1) is 11.9. The van der Waals surface area contributed by atoms with Crippen LogP contribution in [0.3, 0.4) is 0 Å². The minimum Gasteiger partial charge on any atom is -0.258 e. The molecule has 0 saturated heterocycles. The van der Waals surface area contributed by atoms with Gasteiger partial charge in [0, 0.05) is 11.6 Å². The third-order valence-corrected chi connectivity index (χ3v) is 4.00. The van der Waals surface area contributed by atoms with Crippen molar-refractivity contribution in [3.05, 3.63) is 80.0 Å². The highest BCUT2D eigenvalue weighted by Gasteiger charge is 2.24.